The van der Waals surface area contributed by atoms with Gasteiger partial charge in [0.2, 0.25) is 0 Å². The van der Waals surface area contributed by atoms with Crippen molar-refractivity contribution in [1.29, 1.82) is 0 Å². The molecule has 0 radical (unpaired) electrons. The van der Waals surface area contributed by atoms with Crippen LogP contribution >= 0.6 is 0 Å². The van der Waals surface area contributed by atoms with Crippen molar-refractivity contribution in [2.24, 2.45) is 0 Å². The Morgan fingerprint density at radius 1 is 1.29 bits per heavy atom. The van der Waals surface area contributed by atoms with E-state index in [9.17, 15) is 18.0 Å². The molecule has 2 atom stereocenters. The van der Waals surface area contributed by atoms with Crippen LogP contribution in [-0.2, 0) is 10.9 Å². The highest BCUT2D eigenvalue weighted by atomic mass is 19.4. The van der Waals surface area contributed by atoms with Crippen LogP contribution in [0.4, 0.5) is 13.2 Å². The van der Waals surface area contributed by atoms with E-state index in [2.05, 4.69) is 10.1 Å². The third-order valence-electron chi connectivity index (χ3n) is 4.79. The Hall–Kier alpha value is -2.94. The molecular weight excluding hydrogens is 373 g/mol. The van der Waals surface area contributed by atoms with Crippen molar-refractivity contribution in [1.82, 2.24) is 19.5 Å². The average Bonchev–Trinajstić information content (AvgIpc) is 3.11. The summed E-state index contributed by atoms with van der Waals surface area (Å²) in [5, 5.41) is 4.13. The van der Waals surface area contributed by atoms with E-state index in [1.54, 1.807) is 29.4 Å². The van der Waals surface area contributed by atoms with E-state index >= 15 is 0 Å². The Bertz CT molecular complexity index is 1020. The number of fused-ring (bicyclic) bond motifs is 1. The number of carbonyl (C=O) groups is 1. The number of hydrogen-bond donors (Lipinski definition) is 0. The van der Waals surface area contributed by atoms with Gasteiger partial charge in [-0.1, -0.05) is 12.1 Å². The van der Waals surface area contributed by atoms with Crippen LogP contribution in [0.2, 0.25) is 0 Å². The van der Waals surface area contributed by atoms with Crippen LogP contribution in [0.5, 0.6) is 0 Å². The zero-order chi connectivity index (χ0) is 19.9. The minimum absolute atomic E-state index is 0.144. The fourth-order valence-electron chi connectivity index (χ4n) is 3.29. The Kier molecular flexibility index (Phi) is 4.54. The van der Waals surface area contributed by atoms with E-state index in [1.807, 2.05) is 6.92 Å². The highest BCUT2D eigenvalue weighted by Crippen LogP contribution is 2.33. The molecule has 4 rings (SSSR count). The van der Waals surface area contributed by atoms with Crippen LogP contribution in [0.3, 0.4) is 0 Å². The first-order valence-corrected chi connectivity index (χ1v) is 8.72. The molecule has 28 heavy (non-hydrogen) atoms. The molecule has 146 valence electrons. The molecule has 3 aromatic rings. The van der Waals surface area contributed by atoms with E-state index in [1.165, 1.54) is 16.8 Å². The van der Waals surface area contributed by atoms with Crippen molar-refractivity contribution < 1.29 is 22.7 Å². The van der Waals surface area contributed by atoms with Gasteiger partial charge in [-0.2, -0.15) is 18.3 Å². The fraction of sp³-hybridized carbons (Fsp3) is 0.316. The van der Waals surface area contributed by atoms with Crippen molar-refractivity contribution in [2.75, 3.05) is 13.2 Å². The van der Waals surface area contributed by atoms with E-state index < -0.39 is 17.8 Å². The minimum atomic E-state index is -4.43. The summed E-state index contributed by atoms with van der Waals surface area (Å²) in [5.41, 5.74) is 0.424. The molecule has 3 heterocycles. The third-order valence-corrected chi connectivity index (χ3v) is 4.79. The first kappa shape index (κ1) is 18.4. The first-order valence-electron chi connectivity index (χ1n) is 8.72. The molecule has 1 saturated heterocycles. The lowest BCUT2D eigenvalue weighted by molar-refractivity contribution is -0.137. The lowest BCUT2D eigenvalue weighted by Gasteiger charge is -2.38. The van der Waals surface area contributed by atoms with Crippen LogP contribution < -0.4 is 0 Å². The zero-order valence-electron chi connectivity index (χ0n) is 14.9. The molecule has 9 heteroatoms. The smallest absolute Gasteiger partial charge is 0.370 e. The monoisotopic (exact) mass is 390 g/mol. The molecule has 1 aliphatic rings. The van der Waals surface area contributed by atoms with Gasteiger partial charge in [0, 0.05) is 12.4 Å². The molecule has 2 unspecified atom stereocenters. The maximum absolute atomic E-state index is 13.1. The molecule has 0 saturated carbocycles. The summed E-state index contributed by atoms with van der Waals surface area (Å²) in [6, 6.07) is 6.49. The Morgan fingerprint density at radius 3 is 2.89 bits per heavy atom. The second-order valence-electron chi connectivity index (χ2n) is 6.70. The normalized spacial score (nSPS) is 20.5. The van der Waals surface area contributed by atoms with Crippen molar-refractivity contribution in [3.63, 3.8) is 0 Å². The summed E-state index contributed by atoms with van der Waals surface area (Å²) < 4.78 is 46.3. The van der Waals surface area contributed by atoms with Crippen LogP contribution in [-0.4, -0.2) is 44.6 Å². The molecule has 2 aromatic heterocycles. The molecule has 1 aromatic carbocycles. The Labute approximate surface area is 158 Å². The number of morpholine rings is 1. The lowest BCUT2D eigenvalue weighted by atomic mass is 10.0. The predicted octanol–water partition coefficient (Wildman–Crippen LogP) is 3.35. The van der Waals surface area contributed by atoms with Gasteiger partial charge < -0.3 is 9.64 Å². The Morgan fingerprint density at radius 2 is 2.11 bits per heavy atom. The van der Waals surface area contributed by atoms with Crippen molar-refractivity contribution in [2.45, 2.75) is 25.2 Å². The minimum Gasteiger partial charge on any atom is -0.370 e. The molecule has 1 amide bonds. The highest BCUT2D eigenvalue weighted by Gasteiger charge is 2.35. The standard InChI is InChI=1S/C19H17F3N4O2/c1-12-11-28-16(13-4-2-5-14(8-13)19(20,21)22)10-25(12)18(27)15-9-24-26-7-3-6-23-17(15)26/h2-9,12,16H,10-11H2,1H3. The van der Waals surface area contributed by atoms with Gasteiger partial charge >= 0.3 is 6.18 Å². The second-order valence-corrected chi connectivity index (χ2v) is 6.70. The number of halogens is 3. The van der Waals surface area contributed by atoms with Gasteiger partial charge in [-0.15, -0.1) is 0 Å². The molecule has 1 fully saturated rings. The number of alkyl halides is 3. The van der Waals surface area contributed by atoms with Gasteiger partial charge in [-0.05, 0) is 30.7 Å². The molecule has 0 aliphatic carbocycles. The number of ether oxygens (including phenoxy) is 1. The van der Waals surface area contributed by atoms with Crippen molar-refractivity contribution in [3.8, 4) is 0 Å². The summed E-state index contributed by atoms with van der Waals surface area (Å²) in [6.07, 6.45) is -0.366. The first-order chi connectivity index (χ1) is 13.3. The topological polar surface area (TPSA) is 59.7 Å². The second kappa shape index (κ2) is 6.90. The van der Waals surface area contributed by atoms with Gasteiger partial charge in [0.1, 0.15) is 11.7 Å². The number of rotatable bonds is 2. The van der Waals surface area contributed by atoms with E-state index in [0.717, 1.165) is 12.1 Å². The van der Waals surface area contributed by atoms with E-state index in [4.69, 9.17) is 4.74 Å². The number of nitrogens with zero attached hydrogens (tertiary/aromatic N) is 4. The summed E-state index contributed by atoms with van der Waals surface area (Å²) in [7, 11) is 0. The summed E-state index contributed by atoms with van der Waals surface area (Å²) in [6.45, 7) is 2.20. The number of aromatic nitrogens is 3. The Balaban J connectivity index is 1.61. The van der Waals surface area contributed by atoms with Crippen LogP contribution in [0.15, 0.2) is 48.9 Å². The lowest BCUT2D eigenvalue weighted by Crippen LogP contribution is -2.48. The van der Waals surface area contributed by atoms with E-state index in [-0.39, 0.29) is 25.1 Å². The maximum Gasteiger partial charge on any atom is 0.416 e. The summed E-state index contributed by atoms with van der Waals surface area (Å²) >= 11 is 0. The molecular formula is C19H17F3N4O2. The predicted molar refractivity (Wildman–Crippen MR) is 93.6 cm³/mol. The van der Waals surface area contributed by atoms with Crippen molar-refractivity contribution in [3.05, 3.63) is 65.6 Å². The SMILES string of the molecule is CC1COC(c2cccc(C(F)(F)F)c2)CN1C(=O)c1cnn2cccnc12. The third kappa shape index (κ3) is 3.33. The number of carbonyl (C=O) groups excluding carboxylic acids is 1. The van der Waals surface area contributed by atoms with Crippen molar-refractivity contribution >= 4 is 11.6 Å². The quantitative estimate of drug-likeness (QED) is 0.673. The number of benzene rings is 1. The van der Waals surface area contributed by atoms with Crippen LogP contribution in [0.1, 0.15) is 34.5 Å². The highest BCUT2D eigenvalue weighted by molar-refractivity contribution is 5.99. The van der Waals surface area contributed by atoms with Gasteiger partial charge in [0.15, 0.2) is 5.65 Å². The maximum atomic E-state index is 13.1. The largest absolute Gasteiger partial charge is 0.416 e. The van der Waals surface area contributed by atoms with Crippen LogP contribution in [0.25, 0.3) is 5.65 Å². The van der Waals surface area contributed by atoms with Gasteiger partial charge in [0.05, 0.1) is 31.0 Å². The molecule has 1 aliphatic heterocycles. The summed E-state index contributed by atoms with van der Waals surface area (Å²) in [4.78, 5) is 18.9. The molecule has 0 bridgehead atoms. The zero-order valence-corrected chi connectivity index (χ0v) is 14.9. The van der Waals surface area contributed by atoms with Gasteiger partial charge in [-0.25, -0.2) is 9.50 Å². The average molecular weight is 390 g/mol. The fourth-order valence-corrected chi connectivity index (χ4v) is 3.29. The molecule has 0 N–H and O–H groups in total. The number of hydrogen-bond acceptors (Lipinski definition) is 4. The van der Waals surface area contributed by atoms with Gasteiger partial charge in [0.25, 0.3) is 5.91 Å². The summed E-state index contributed by atoms with van der Waals surface area (Å²) in [5.74, 6) is -0.276. The number of amides is 1. The van der Waals surface area contributed by atoms with Gasteiger partial charge in [-0.3, -0.25) is 4.79 Å². The molecule has 6 nitrogen and oxygen atoms in total. The molecule has 0 spiro atoms. The van der Waals surface area contributed by atoms with E-state index in [0.29, 0.717) is 16.8 Å². The van der Waals surface area contributed by atoms with Crippen LogP contribution in [0, 0.1) is 0 Å².